The molecule has 8 nitrogen and oxygen atoms in total. The molecule has 0 saturated carbocycles. The smallest absolute Gasteiger partial charge is 0.234 e. The van der Waals surface area contributed by atoms with Crippen molar-refractivity contribution in [1.82, 2.24) is 19.6 Å². The maximum Gasteiger partial charge on any atom is 0.234 e. The highest BCUT2D eigenvalue weighted by Crippen LogP contribution is 2.39. The third kappa shape index (κ3) is 4.39. The standard InChI is InChI=1S/C24H26N6O2S2/c1-4-19-27-23-21(17-10-5-13(2)11-18(17)34-23)22-28-29-24(30(19)22)33-12-20(32)26-16-8-6-15(7-9-16)25-14(3)31/h6-9,13H,4-5,10-12H2,1-3H3,(H,25,31)(H,26,32)/t13-/m0/s1. The predicted molar refractivity (Wildman–Crippen MR) is 137 cm³/mol. The number of carbonyl (C=O) groups is 2. The third-order valence-corrected chi connectivity index (χ3v) is 8.05. The zero-order valence-electron chi connectivity index (χ0n) is 19.3. The fourth-order valence-electron chi connectivity index (χ4n) is 4.38. The lowest BCUT2D eigenvalue weighted by Gasteiger charge is -2.17. The van der Waals surface area contributed by atoms with Crippen LogP contribution in [0.15, 0.2) is 29.4 Å². The largest absolute Gasteiger partial charge is 0.326 e. The molecule has 5 rings (SSSR count). The number of fused-ring (bicyclic) bond motifs is 5. The fourth-order valence-corrected chi connectivity index (χ4v) is 6.52. The highest BCUT2D eigenvalue weighted by Gasteiger charge is 2.25. The van der Waals surface area contributed by atoms with Gasteiger partial charge in [-0.05, 0) is 55.0 Å². The van der Waals surface area contributed by atoms with Crippen LogP contribution in [0, 0.1) is 5.92 Å². The summed E-state index contributed by atoms with van der Waals surface area (Å²) in [4.78, 5) is 31.2. The molecule has 176 valence electrons. The van der Waals surface area contributed by atoms with Crippen LogP contribution in [0.3, 0.4) is 0 Å². The molecule has 3 aromatic heterocycles. The summed E-state index contributed by atoms with van der Waals surface area (Å²) in [6.45, 7) is 5.84. The molecule has 1 aliphatic carbocycles. The highest BCUT2D eigenvalue weighted by atomic mass is 32.2. The highest BCUT2D eigenvalue weighted by molar-refractivity contribution is 7.99. The molecule has 0 bridgehead atoms. The summed E-state index contributed by atoms with van der Waals surface area (Å²) in [5.41, 5.74) is 3.58. The molecule has 0 saturated heterocycles. The minimum absolute atomic E-state index is 0.135. The zero-order chi connectivity index (χ0) is 23.8. The molecule has 34 heavy (non-hydrogen) atoms. The summed E-state index contributed by atoms with van der Waals surface area (Å²) in [5.74, 6) is 1.55. The molecule has 10 heteroatoms. The Hall–Kier alpha value is -2.98. The number of benzene rings is 1. The van der Waals surface area contributed by atoms with Crippen LogP contribution in [0.2, 0.25) is 0 Å². The van der Waals surface area contributed by atoms with Gasteiger partial charge in [0.05, 0.1) is 11.1 Å². The predicted octanol–water partition coefficient (Wildman–Crippen LogP) is 4.72. The van der Waals surface area contributed by atoms with Gasteiger partial charge < -0.3 is 10.6 Å². The SMILES string of the molecule is CCc1nc2sc3c(c2c2nnc(SCC(=O)Nc4ccc(NC(C)=O)cc4)n12)CC[C@H](C)C3. The van der Waals surface area contributed by atoms with Crippen molar-refractivity contribution in [2.75, 3.05) is 16.4 Å². The van der Waals surface area contributed by atoms with E-state index < -0.39 is 0 Å². The average Bonchev–Trinajstić information content (AvgIpc) is 3.38. The quantitative estimate of drug-likeness (QED) is 0.376. The van der Waals surface area contributed by atoms with Crippen LogP contribution < -0.4 is 10.6 Å². The lowest BCUT2D eigenvalue weighted by atomic mass is 9.89. The number of hydrogen-bond donors (Lipinski definition) is 2. The minimum Gasteiger partial charge on any atom is -0.326 e. The first kappa shape index (κ1) is 22.8. The van der Waals surface area contributed by atoms with Crippen molar-refractivity contribution in [2.24, 2.45) is 5.92 Å². The van der Waals surface area contributed by atoms with Gasteiger partial charge in [-0.2, -0.15) is 0 Å². The van der Waals surface area contributed by atoms with E-state index in [-0.39, 0.29) is 17.6 Å². The number of aromatic nitrogens is 4. The Labute approximate surface area is 205 Å². The molecule has 0 spiro atoms. The van der Waals surface area contributed by atoms with Crippen LogP contribution >= 0.6 is 23.1 Å². The Morgan fingerprint density at radius 2 is 1.91 bits per heavy atom. The lowest BCUT2D eigenvalue weighted by Crippen LogP contribution is -2.14. The van der Waals surface area contributed by atoms with Gasteiger partial charge in [0.15, 0.2) is 10.8 Å². The van der Waals surface area contributed by atoms with Crippen molar-refractivity contribution >= 4 is 62.2 Å². The summed E-state index contributed by atoms with van der Waals surface area (Å²) in [7, 11) is 0. The lowest BCUT2D eigenvalue weighted by molar-refractivity contribution is -0.114. The normalized spacial score (nSPS) is 15.4. The molecule has 0 radical (unpaired) electrons. The van der Waals surface area contributed by atoms with Crippen LogP contribution in [-0.2, 0) is 28.9 Å². The minimum atomic E-state index is -0.136. The second-order valence-electron chi connectivity index (χ2n) is 8.65. The van der Waals surface area contributed by atoms with E-state index in [2.05, 4.69) is 34.7 Å². The van der Waals surface area contributed by atoms with Gasteiger partial charge in [0.1, 0.15) is 10.7 Å². The Kier molecular flexibility index (Phi) is 6.26. The number of thiophene rings is 1. The van der Waals surface area contributed by atoms with E-state index in [4.69, 9.17) is 4.98 Å². The monoisotopic (exact) mass is 494 g/mol. The first-order valence-electron chi connectivity index (χ1n) is 11.4. The first-order valence-corrected chi connectivity index (χ1v) is 13.2. The summed E-state index contributed by atoms with van der Waals surface area (Å²) >= 11 is 3.15. The number of nitrogens with one attached hydrogen (secondary N) is 2. The van der Waals surface area contributed by atoms with Crippen LogP contribution in [0.1, 0.15) is 43.5 Å². The number of anilines is 2. The summed E-state index contributed by atoms with van der Waals surface area (Å²) in [6, 6.07) is 7.03. The van der Waals surface area contributed by atoms with Gasteiger partial charge in [-0.3, -0.25) is 14.0 Å². The van der Waals surface area contributed by atoms with Gasteiger partial charge in [-0.1, -0.05) is 25.6 Å². The average molecular weight is 495 g/mol. The van der Waals surface area contributed by atoms with Gasteiger partial charge >= 0.3 is 0 Å². The maximum atomic E-state index is 12.6. The van der Waals surface area contributed by atoms with Crippen LogP contribution in [-0.4, -0.2) is 37.1 Å². The van der Waals surface area contributed by atoms with Crippen molar-refractivity contribution in [3.63, 3.8) is 0 Å². The molecule has 0 unspecified atom stereocenters. The van der Waals surface area contributed by atoms with E-state index in [9.17, 15) is 9.59 Å². The van der Waals surface area contributed by atoms with Crippen LogP contribution in [0.5, 0.6) is 0 Å². The zero-order valence-corrected chi connectivity index (χ0v) is 21.0. The summed E-state index contributed by atoms with van der Waals surface area (Å²) in [5, 5.41) is 16.4. The van der Waals surface area contributed by atoms with E-state index in [0.717, 1.165) is 41.0 Å². The second-order valence-corrected chi connectivity index (χ2v) is 10.7. The van der Waals surface area contributed by atoms with E-state index in [1.165, 1.54) is 35.5 Å². The van der Waals surface area contributed by atoms with Gasteiger partial charge in [-0.25, -0.2) is 4.98 Å². The van der Waals surface area contributed by atoms with Crippen molar-refractivity contribution in [1.29, 1.82) is 0 Å². The van der Waals surface area contributed by atoms with E-state index in [0.29, 0.717) is 22.4 Å². The molecular formula is C24H26N6O2S2. The van der Waals surface area contributed by atoms with Gasteiger partial charge in [0, 0.05) is 29.6 Å². The fraction of sp³-hybridized carbons (Fsp3) is 0.375. The van der Waals surface area contributed by atoms with Crippen LogP contribution in [0.25, 0.3) is 15.9 Å². The van der Waals surface area contributed by atoms with E-state index >= 15 is 0 Å². The molecule has 1 aromatic carbocycles. The molecule has 4 aromatic rings. The third-order valence-electron chi connectivity index (χ3n) is 5.98. The maximum absolute atomic E-state index is 12.6. The molecule has 0 aliphatic heterocycles. The van der Waals surface area contributed by atoms with E-state index in [1.807, 2.05) is 4.40 Å². The Balaban J connectivity index is 1.36. The van der Waals surface area contributed by atoms with Crippen molar-refractivity contribution in [3.8, 4) is 0 Å². The van der Waals surface area contributed by atoms with E-state index in [1.54, 1.807) is 35.6 Å². The Bertz CT molecular complexity index is 1390. The molecule has 1 aliphatic rings. The first-order chi connectivity index (χ1) is 16.4. The molecule has 2 amide bonds. The molecular weight excluding hydrogens is 468 g/mol. The van der Waals surface area contributed by atoms with Gasteiger partial charge in [0.2, 0.25) is 11.8 Å². The molecule has 1 atom stereocenters. The van der Waals surface area contributed by atoms with Crippen molar-refractivity contribution < 1.29 is 9.59 Å². The van der Waals surface area contributed by atoms with Crippen LogP contribution in [0.4, 0.5) is 11.4 Å². The number of thioether (sulfide) groups is 1. The van der Waals surface area contributed by atoms with Crippen molar-refractivity contribution in [2.45, 2.75) is 51.6 Å². The number of amides is 2. The number of nitrogens with zero attached hydrogens (tertiary/aromatic N) is 4. The number of aryl methyl sites for hydroxylation is 2. The van der Waals surface area contributed by atoms with Gasteiger partial charge in [0.25, 0.3) is 0 Å². The Morgan fingerprint density at radius 3 is 2.62 bits per heavy atom. The van der Waals surface area contributed by atoms with Gasteiger partial charge in [-0.15, -0.1) is 21.5 Å². The topological polar surface area (TPSA) is 101 Å². The number of hydrogen-bond acceptors (Lipinski definition) is 7. The van der Waals surface area contributed by atoms with Crippen molar-refractivity contribution in [3.05, 3.63) is 40.5 Å². The Morgan fingerprint density at radius 1 is 1.18 bits per heavy atom. The molecule has 3 heterocycles. The summed E-state index contributed by atoms with van der Waals surface area (Å²) in [6.07, 6.45) is 4.09. The summed E-state index contributed by atoms with van der Waals surface area (Å²) < 4.78 is 2.02. The number of carbonyl (C=O) groups excluding carboxylic acids is 2. The second kappa shape index (κ2) is 9.34. The molecule has 2 N–H and O–H groups in total. The number of rotatable bonds is 6. The molecule has 0 fully saturated rings.